The summed E-state index contributed by atoms with van der Waals surface area (Å²) in [6, 6.07) is 10.4. The molecule has 0 atom stereocenters. The lowest BCUT2D eigenvalue weighted by molar-refractivity contribution is 0.190. The smallest absolute Gasteiger partial charge is 0.246 e. The summed E-state index contributed by atoms with van der Waals surface area (Å²) in [6.45, 7) is 2.28. The fourth-order valence-corrected chi connectivity index (χ4v) is 2.95. The van der Waals surface area contributed by atoms with Gasteiger partial charge in [0.15, 0.2) is 5.82 Å². The Morgan fingerprint density at radius 1 is 1.19 bits per heavy atom. The Bertz CT molecular complexity index is 571. The Kier molecular flexibility index (Phi) is 4.06. The first-order chi connectivity index (χ1) is 10.2. The molecular formula is C17H23N3O. The molecule has 0 amide bonds. The molecule has 2 N–H and O–H groups in total. The predicted molar refractivity (Wildman–Crippen MR) is 81.6 cm³/mol. The van der Waals surface area contributed by atoms with Gasteiger partial charge in [0.05, 0.1) is 5.54 Å². The van der Waals surface area contributed by atoms with Gasteiger partial charge in [-0.1, -0.05) is 42.4 Å². The second-order valence-corrected chi connectivity index (χ2v) is 6.34. The molecule has 1 aliphatic rings. The van der Waals surface area contributed by atoms with E-state index in [1.807, 2.05) is 6.07 Å². The van der Waals surface area contributed by atoms with E-state index in [1.54, 1.807) is 0 Å². The monoisotopic (exact) mass is 285 g/mol. The Balaban J connectivity index is 1.63. The molecule has 1 aliphatic carbocycles. The zero-order valence-electron chi connectivity index (χ0n) is 12.6. The van der Waals surface area contributed by atoms with Gasteiger partial charge in [-0.25, -0.2) is 0 Å². The maximum atomic E-state index is 6.47. The maximum Gasteiger partial charge on any atom is 0.246 e. The van der Waals surface area contributed by atoms with Crippen LogP contribution in [0.25, 0.3) is 0 Å². The first kappa shape index (κ1) is 14.3. The summed E-state index contributed by atoms with van der Waals surface area (Å²) in [5.74, 6) is 2.14. The van der Waals surface area contributed by atoms with Gasteiger partial charge in [0.25, 0.3) is 0 Å². The standard InChI is InChI=1S/C17H23N3O/c1-13-9-11-17(18,12-10-13)16-19-15(20-21-16)8-7-14-5-3-2-4-6-14/h2-6,13H,7-12,18H2,1H3. The summed E-state index contributed by atoms with van der Waals surface area (Å²) >= 11 is 0. The number of hydrogen-bond acceptors (Lipinski definition) is 4. The molecule has 112 valence electrons. The van der Waals surface area contributed by atoms with E-state index >= 15 is 0 Å². The Morgan fingerprint density at radius 3 is 2.62 bits per heavy atom. The van der Waals surface area contributed by atoms with Gasteiger partial charge in [0, 0.05) is 6.42 Å². The van der Waals surface area contributed by atoms with Gasteiger partial charge < -0.3 is 10.3 Å². The van der Waals surface area contributed by atoms with Crippen LogP contribution in [0.15, 0.2) is 34.9 Å². The first-order valence-corrected chi connectivity index (χ1v) is 7.81. The summed E-state index contributed by atoms with van der Waals surface area (Å²) in [5.41, 5.74) is 7.34. The van der Waals surface area contributed by atoms with Crippen LogP contribution in [-0.4, -0.2) is 10.1 Å². The van der Waals surface area contributed by atoms with Crippen molar-refractivity contribution < 1.29 is 4.52 Å². The summed E-state index contributed by atoms with van der Waals surface area (Å²) < 4.78 is 5.44. The lowest BCUT2D eigenvalue weighted by atomic mass is 9.78. The number of aromatic nitrogens is 2. The average Bonchev–Trinajstić information content (AvgIpc) is 2.99. The van der Waals surface area contributed by atoms with Crippen LogP contribution in [0.3, 0.4) is 0 Å². The highest BCUT2D eigenvalue weighted by molar-refractivity contribution is 5.15. The van der Waals surface area contributed by atoms with Crippen molar-refractivity contribution >= 4 is 0 Å². The molecule has 0 aliphatic heterocycles. The van der Waals surface area contributed by atoms with Crippen LogP contribution in [0, 0.1) is 5.92 Å². The van der Waals surface area contributed by atoms with Crippen molar-refractivity contribution in [2.75, 3.05) is 0 Å². The zero-order valence-corrected chi connectivity index (χ0v) is 12.6. The minimum Gasteiger partial charge on any atom is -0.337 e. The van der Waals surface area contributed by atoms with E-state index in [9.17, 15) is 0 Å². The molecule has 3 rings (SSSR count). The number of aryl methyl sites for hydroxylation is 2. The highest BCUT2D eigenvalue weighted by Gasteiger charge is 2.36. The van der Waals surface area contributed by atoms with Crippen molar-refractivity contribution in [3.8, 4) is 0 Å². The Morgan fingerprint density at radius 2 is 1.90 bits per heavy atom. The van der Waals surface area contributed by atoms with Gasteiger partial charge >= 0.3 is 0 Å². The van der Waals surface area contributed by atoms with Gasteiger partial charge in [0.1, 0.15) is 0 Å². The molecule has 1 aromatic carbocycles. The van der Waals surface area contributed by atoms with Gasteiger partial charge in [-0.15, -0.1) is 0 Å². The third-order valence-corrected chi connectivity index (χ3v) is 4.54. The van der Waals surface area contributed by atoms with Crippen LogP contribution in [0.1, 0.15) is 49.9 Å². The molecule has 0 bridgehead atoms. The number of rotatable bonds is 4. The highest BCUT2D eigenvalue weighted by Crippen LogP contribution is 2.36. The van der Waals surface area contributed by atoms with Crippen LogP contribution >= 0.6 is 0 Å². The van der Waals surface area contributed by atoms with E-state index in [0.717, 1.165) is 50.3 Å². The number of hydrogen-bond donors (Lipinski definition) is 1. The third kappa shape index (κ3) is 3.32. The van der Waals surface area contributed by atoms with Crippen molar-refractivity contribution in [1.82, 2.24) is 10.1 Å². The SMILES string of the molecule is CC1CCC(N)(c2nc(CCc3ccccc3)no2)CC1. The van der Waals surface area contributed by atoms with E-state index in [0.29, 0.717) is 5.89 Å². The van der Waals surface area contributed by atoms with Gasteiger partial charge in [-0.3, -0.25) is 0 Å². The molecule has 0 unspecified atom stereocenters. The molecule has 2 aromatic rings. The second-order valence-electron chi connectivity index (χ2n) is 6.34. The van der Waals surface area contributed by atoms with Crippen molar-refractivity contribution in [3.05, 3.63) is 47.6 Å². The topological polar surface area (TPSA) is 64.9 Å². The molecule has 1 saturated carbocycles. The van der Waals surface area contributed by atoms with E-state index < -0.39 is 5.54 Å². The quantitative estimate of drug-likeness (QED) is 0.936. The molecule has 4 heteroatoms. The molecular weight excluding hydrogens is 262 g/mol. The molecule has 21 heavy (non-hydrogen) atoms. The van der Waals surface area contributed by atoms with Crippen LogP contribution in [0.5, 0.6) is 0 Å². The largest absolute Gasteiger partial charge is 0.337 e. The number of nitrogens with zero attached hydrogens (tertiary/aromatic N) is 2. The lowest BCUT2D eigenvalue weighted by Crippen LogP contribution is -2.40. The summed E-state index contributed by atoms with van der Waals surface area (Å²) in [4.78, 5) is 4.54. The van der Waals surface area contributed by atoms with E-state index in [2.05, 4.69) is 41.3 Å². The summed E-state index contributed by atoms with van der Waals surface area (Å²) in [6.07, 6.45) is 5.87. The minimum atomic E-state index is -0.412. The zero-order chi connectivity index (χ0) is 14.7. The molecule has 1 heterocycles. The summed E-state index contributed by atoms with van der Waals surface area (Å²) in [5, 5.41) is 4.10. The molecule has 1 fully saturated rings. The van der Waals surface area contributed by atoms with E-state index in [-0.39, 0.29) is 0 Å². The Labute approximate surface area is 125 Å². The van der Waals surface area contributed by atoms with Crippen LogP contribution in [-0.2, 0) is 18.4 Å². The third-order valence-electron chi connectivity index (χ3n) is 4.54. The first-order valence-electron chi connectivity index (χ1n) is 7.81. The van der Waals surface area contributed by atoms with Crippen molar-refractivity contribution in [2.45, 2.75) is 51.0 Å². The average molecular weight is 285 g/mol. The fraction of sp³-hybridized carbons (Fsp3) is 0.529. The minimum absolute atomic E-state index is 0.412. The molecule has 1 aromatic heterocycles. The van der Waals surface area contributed by atoms with Crippen LogP contribution in [0.2, 0.25) is 0 Å². The van der Waals surface area contributed by atoms with Gasteiger partial charge in [0.2, 0.25) is 5.89 Å². The van der Waals surface area contributed by atoms with E-state index in [1.165, 1.54) is 5.56 Å². The van der Waals surface area contributed by atoms with Gasteiger partial charge in [-0.2, -0.15) is 4.98 Å². The number of nitrogens with two attached hydrogens (primary N) is 1. The van der Waals surface area contributed by atoms with Crippen LogP contribution in [0.4, 0.5) is 0 Å². The van der Waals surface area contributed by atoms with Crippen molar-refractivity contribution in [2.24, 2.45) is 11.7 Å². The van der Waals surface area contributed by atoms with Gasteiger partial charge in [-0.05, 0) is 43.6 Å². The normalized spacial score (nSPS) is 25.9. The van der Waals surface area contributed by atoms with Crippen LogP contribution < -0.4 is 5.73 Å². The van der Waals surface area contributed by atoms with Crippen molar-refractivity contribution in [1.29, 1.82) is 0 Å². The molecule has 0 spiro atoms. The lowest BCUT2D eigenvalue weighted by Gasteiger charge is -2.32. The highest BCUT2D eigenvalue weighted by atomic mass is 16.5. The molecule has 0 radical (unpaired) electrons. The molecule has 0 saturated heterocycles. The maximum absolute atomic E-state index is 6.47. The predicted octanol–water partition coefficient (Wildman–Crippen LogP) is 3.22. The Hall–Kier alpha value is -1.68. The summed E-state index contributed by atoms with van der Waals surface area (Å²) in [7, 11) is 0. The van der Waals surface area contributed by atoms with Crippen molar-refractivity contribution in [3.63, 3.8) is 0 Å². The van der Waals surface area contributed by atoms with E-state index in [4.69, 9.17) is 10.3 Å². The fourth-order valence-electron chi connectivity index (χ4n) is 2.95. The second kappa shape index (κ2) is 5.98. The molecule has 4 nitrogen and oxygen atoms in total. The number of benzene rings is 1.